The Morgan fingerprint density at radius 1 is 1.25 bits per heavy atom. The third-order valence-electron chi connectivity index (χ3n) is 5.03. The van der Waals surface area contributed by atoms with Gasteiger partial charge in [0.1, 0.15) is 6.61 Å². The molecule has 32 heavy (non-hydrogen) atoms. The van der Waals surface area contributed by atoms with E-state index in [1.165, 1.54) is 6.08 Å². The number of H-pyrrole nitrogens is 1. The number of rotatable bonds is 8. The number of halogens is 3. The minimum atomic E-state index is -4.38. The Morgan fingerprint density at radius 3 is 2.81 bits per heavy atom. The molecule has 1 fully saturated rings. The topological polar surface area (TPSA) is 79.9 Å². The highest BCUT2D eigenvalue weighted by molar-refractivity contribution is 6.02. The maximum Gasteiger partial charge on any atom is 0.411 e. The van der Waals surface area contributed by atoms with Gasteiger partial charge in [-0.2, -0.15) is 18.3 Å². The first-order valence-electron chi connectivity index (χ1n) is 10.1. The lowest BCUT2D eigenvalue weighted by atomic mass is 10.0. The van der Waals surface area contributed by atoms with Crippen molar-refractivity contribution in [1.29, 1.82) is 0 Å². The van der Waals surface area contributed by atoms with Gasteiger partial charge in [0.05, 0.1) is 12.8 Å². The van der Waals surface area contributed by atoms with Crippen LogP contribution in [0.3, 0.4) is 0 Å². The molecule has 1 aliphatic carbocycles. The molecule has 3 aromatic rings. The van der Waals surface area contributed by atoms with Crippen LogP contribution in [0, 0.1) is 0 Å². The third kappa shape index (κ3) is 5.82. The van der Waals surface area contributed by atoms with Gasteiger partial charge in [-0.1, -0.05) is 6.07 Å². The van der Waals surface area contributed by atoms with E-state index in [1.54, 1.807) is 43.0 Å². The van der Waals surface area contributed by atoms with E-state index in [4.69, 9.17) is 4.74 Å². The number of aromatic nitrogens is 3. The number of pyridine rings is 1. The number of ether oxygens (including phenoxy) is 1. The molecule has 0 atom stereocenters. The van der Waals surface area contributed by atoms with Crippen molar-refractivity contribution in [3.63, 3.8) is 0 Å². The number of amides is 1. The van der Waals surface area contributed by atoms with Crippen molar-refractivity contribution >= 4 is 17.7 Å². The van der Waals surface area contributed by atoms with Gasteiger partial charge in [-0.05, 0) is 59.7 Å². The SMILES string of the molecule is O=C(/C=C/c1cnccc1-c1cn[nH]c1)Nc1ccc(C2CC2)c(COCC(F)(F)F)c1. The number of hydrogen-bond acceptors (Lipinski definition) is 4. The van der Waals surface area contributed by atoms with E-state index in [9.17, 15) is 18.0 Å². The number of nitrogens with one attached hydrogen (secondary N) is 2. The monoisotopic (exact) mass is 442 g/mol. The normalized spacial score (nSPS) is 14.1. The summed E-state index contributed by atoms with van der Waals surface area (Å²) in [7, 11) is 0. The number of benzene rings is 1. The van der Waals surface area contributed by atoms with Gasteiger partial charge in [0.25, 0.3) is 0 Å². The standard InChI is InChI=1S/C23H21F3N4O2/c24-23(25,26)14-32-13-17-9-19(4-5-20(17)15-1-2-15)30-22(31)6-3-16-10-27-8-7-21(16)18-11-28-29-12-18/h3-12,15H,1-2,13-14H2,(H,28,29)(H,30,31)/b6-3+. The van der Waals surface area contributed by atoms with E-state index >= 15 is 0 Å². The number of anilines is 1. The van der Waals surface area contributed by atoms with E-state index in [0.717, 1.165) is 35.1 Å². The fourth-order valence-electron chi connectivity index (χ4n) is 3.43. The third-order valence-corrected chi connectivity index (χ3v) is 5.03. The molecule has 1 saturated carbocycles. The lowest BCUT2D eigenvalue weighted by molar-refractivity contribution is -0.176. The largest absolute Gasteiger partial charge is 0.411 e. The van der Waals surface area contributed by atoms with Crippen LogP contribution in [-0.2, 0) is 16.1 Å². The summed E-state index contributed by atoms with van der Waals surface area (Å²) in [6.07, 6.45) is 7.39. The average Bonchev–Trinajstić information content (AvgIpc) is 3.45. The second-order valence-electron chi connectivity index (χ2n) is 7.57. The van der Waals surface area contributed by atoms with Crippen LogP contribution in [0.5, 0.6) is 0 Å². The van der Waals surface area contributed by atoms with Crippen LogP contribution in [0.4, 0.5) is 18.9 Å². The van der Waals surface area contributed by atoms with Crippen LogP contribution in [0.25, 0.3) is 17.2 Å². The zero-order valence-corrected chi connectivity index (χ0v) is 17.0. The summed E-state index contributed by atoms with van der Waals surface area (Å²) in [6, 6.07) is 7.11. The smallest absolute Gasteiger partial charge is 0.367 e. The Morgan fingerprint density at radius 2 is 2.09 bits per heavy atom. The first-order chi connectivity index (χ1) is 15.4. The van der Waals surface area contributed by atoms with Gasteiger partial charge >= 0.3 is 6.18 Å². The number of hydrogen-bond donors (Lipinski definition) is 2. The van der Waals surface area contributed by atoms with Crippen LogP contribution in [0.1, 0.15) is 35.4 Å². The van der Waals surface area contributed by atoms with E-state index in [0.29, 0.717) is 17.2 Å². The second kappa shape index (κ2) is 9.35. The molecule has 4 rings (SSSR count). The predicted molar refractivity (Wildman–Crippen MR) is 114 cm³/mol. The molecule has 2 heterocycles. The zero-order chi connectivity index (χ0) is 22.6. The molecule has 2 N–H and O–H groups in total. The molecule has 2 aromatic heterocycles. The molecular weight excluding hydrogens is 421 g/mol. The highest BCUT2D eigenvalue weighted by Crippen LogP contribution is 2.42. The summed E-state index contributed by atoms with van der Waals surface area (Å²) in [5, 5.41) is 9.44. The fourth-order valence-corrected chi connectivity index (χ4v) is 3.43. The van der Waals surface area contributed by atoms with E-state index in [1.807, 2.05) is 12.1 Å². The molecule has 0 unspecified atom stereocenters. The van der Waals surface area contributed by atoms with Crippen LogP contribution in [-0.4, -0.2) is 33.9 Å². The first-order valence-corrected chi connectivity index (χ1v) is 10.1. The Hall–Kier alpha value is -3.46. The summed E-state index contributed by atoms with van der Waals surface area (Å²) >= 11 is 0. The first kappa shape index (κ1) is 21.8. The van der Waals surface area contributed by atoms with Crippen molar-refractivity contribution in [2.45, 2.75) is 31.5 Å². The molecular formula is C23H21F3N4O2. The summed E-state index contributed by atoms with van der Waals surface area (Å²) in [4.78, 5) is 16.6. The predicted octanol–water partition coefficient (Wildman–Crippen LogP) is 5.08. The Labute approximate surface area is 182 Å². The highest BCUT2D eigenvalue weighted by atomic mass is 19.4. The maximum absolute atomic E-state index is 12.5. The number of aromatic amines is 1. The van der Waals surface area contributed by atoms with E-state index in [2.05, 4.69) is 20.5 Å². The summed E-state index contributed by atoms with van der Waals surface area (Å²) < 4.78 is 42.1. The summed E-state index contributed by atoms with van der Waals surface area (Å²) in [5.41, 5.74) is 4.61. The van der Waals surface area contributed by atoms with Gasteiger partial charge in [-0.25, -0.2) is 0 Å². The second-order valence-corrected chi connectivity index (χ2v) is 7.57. The van der Waals surface area contributed by atoms with Crippen LogP contribution in [0.2, 0.25) is 0 Å². The van der Waals surface area contributed by atoms with E-state index < -0.39 is 12.8 Å². The van der Waals surface area contributed by atoms with E-state index in [-0.39, 0.29) is 12.5 Å². The van der Waals surface area contributed by atoms with Crippen molar-refractivity contribution in [3.8, 4) is 11.1 Å². The fraction of sp³-hybridized carbons (Fsp3) is 0.261. The lowest BCUT2D eigenvalue weighted by Crippen LogP contribution is -2.17. The minimum absolute atomic E-state index is 0.158. The Bertz CT molecular complexity index is 1110. The van der Waals surface area contributed by atoms with Gasteiger partial charge in [-0.15, -0.1) is 0 Å². The van der Waals surface area contributed by atoms with Crippen molar-refractivity contribution < 1.29 is 22.7 Å². The Balaban J connectivity index is 1.45. The number of alkyl halides is 3. The number of carbonyl (C=O) groups is 1. The zero-order valence-electron chi connectivity index (χ0n) is 17.0. The molecule has 0 radical (unpaired) electrons. The molecule has 6 nitrogen and oxygen atoms in total. The summed E-state index contributed by atoms with van der Waals surface area (Å²) in [6.45, 7) is -1.46. The van der Waals surface area contributed by atoms with Gasteiger partial charge in [0, 0.05) is 41.5 Å². The number of nitrogens with zero attached hydrogens (tertiary/aromatic N) is 2. The quantitative estimate of drug-likeness (QED) is 0.477. The molecule has 1 amide bonds. The molecule has 1 aromatic carbocycles. The maximum atomic E-state index is 12.5. The van der Waals surface area contributed by atoms with Crippen molar-refractivity contribution in [1.82, 2.24) is 15.2 Å². The Kier molecular flexibility index (Phi) is 6.36. The molecule has 166 valence electrons. The van der Waals surface area contributed by atoms with Crippen molar-refractivity contribution in [2.75, 3.05) is 11.9 Å². The molecule has 0 spiro atoms. The van der Waals surface area contributed by atoms with Crippen LogP contribution in [0.15, 0.2) is 55.1 Å². The molecule has 9 heteroatoms. The van der Waals surface area contributed by atoms with Crippen LogP contribution < -0.4 is 5.32 Å². The van der Waals surface area contributed by atoms with Crippen molar-refractivity contribution in [2.24, 2.45) is 0 Å². The molecule has 0 aliphatic heterocycles. The molecule has 1 aliphatic rings. The van der Waals surface area contributed by atoms with Gasteiger partial charge in [-0.3, -0.25) is 14.9 Å². The van der Waals surface area contributed by atoms with Crippen LogP contribution >= 0.6 is 0 Å². The summed E-state index contributed by atoms with van der Waals surface area (Å²) in [5.74, 6) is -0.0237. The van der Waals surface area contributed by atoms with Gasteiger partial charge in [0.2, 0.25) is 5.91 Å². The average molecular weight is 442 g/mol. The number of carbonyl (C=O) groups excluding carboxylic acids is 1. The minimum Gasteiger partial charge on any atom is -0.367 e. The van der Waals surface area contributed by atoms with Crippen molar-refractivity contribution in [3.05, 3.63) is 71.8 Å². The van der Waals surface area contributed by atoms with Gasteiger partial charge in [0.15, 0.2) is 0 Å². The van der Waals surface area contributed by atoms with Gasteiger partial charge < -0.3 is 10.1 Å². The molecule has 0 saturated heterocycles. The highest BCUT2D eigenvalue weighted by Gasteiger charge is 2.29. The molecule has 0 bridgehead atoms. The lowest BCUT2D eigenvalue weighted by Gasteiger charge is -2.13.